The van der Waals surface area contributed by atoms with Crippen LogP contribution in [-0.2, 0) is 9.47 Å². The van der Waals surface area contributed by atoms with Gasteiger partial charge in [0.15, 0.2) is 0 Å². The van der Waals surface area contributed by atoms with Gasteiger partial charge in [-0.1, -0.05) is 25.6 Å². The summed E-state index contributed by atoms with van der Waals surface area (Å²) in [6.07, 6.45) is 0.0190. The molecule has 2 nitrogen and oxygen atoms in total. The first kappa shape index (κ1) is 9.78. The number of hydrogen-bond acceptors (Lipinski definition) is 2. The maximum atomic E-state index is 5.40. The summed E-state index contributed by atoms with van der Waals surface area (Å²) >= 11 is 0. The molecule has 1 unspecified atom stereocenters. The summed E-state index contributed by atoms with van der Waals surface area (Å²) in [7, 11) is -1.24. The standard InChI is InChI=1S/C9H16O2Si/c1-12(2,3)7-4-9-8-10-5-6-11-9/h9H,5-6,8H2,1-3H3. The van der Waals surface area contributed by atoms with Gasteiger partial charge in [0.2, 0.25) is 0 Å². The molecule has 0 aromatic carbocycles. The molecule has 0 aromatic rings. The Bertz CT molecular complexity index is 191. The number of ether oxygens (including phenoxy) is 2. The molecule has 1 aliphatic rings. The molecule has 0 saturated carbocycles. The maximum absolute atomic E-state index is 5.40. The molecule has 0 bridgehead atoms. The molecule has 0 amide bonds. The highest BCUT2D eigenvalue weighted by Crippen LogP contribution is 2.01. The molecule has 0 N–H and O–H groups in total. The Morgan fingerprint density at radius 1 is 1.25 bits per heavy atom. The molecule has 0 radical (unpaired) electrons. The van der Waals surface area contributed by atoms with Gasteiger partial charge in [0, 0.05) is 0 Å². The van der Waals surface area contributed by atoms with E-state index in [0.29, 0.717) is 19.8 Å². The average Bonchev–Trinajstić information content (AvgIpc) is 2.02. The van der Waals surface area contributed by atoms with Gasteiger partial charge in [-0.2, -0.15) is 0 Å². The number of rotatable bonds is 0. The van der Waals surface area contributed by atoms with E-state index in [4.69, 9.17) is 9.47 Å². The highest BCUT2D eigenvalue weighted by Gasteiger charge is 2.13. The van der Waals surface area contributed by atoms with Crippen LogP contribution in [0.3, 0.4) is 0 Å². The zero-order chi connectivity index (χ0) is 9.03. The van der Waals surface area contributed by atoms with Gasteiger partial charge in [0.05, 0.1) is 19.8 Å². The summed E-state index contributed by atoms with van der Waals surface area (Å²) in [5.41, 5.74) is 3.28. The Morgan fingerprint density at radius 2 is 2.00 bits per heavy atom. The Morgan fingerprint density at radius 3 is 2.50 bits per heavy atom. The average molecular weight is 184 g/mol. The lowest BCUT2D eigenvalue weighted by Crippen LogP contribution is -2.28. The van der Waals surface area contributed by atoms with Crippen LogP contribution in [-0.4, -0.2) is 34.0 Å². The maximum Gasteiger partial charge on any atom is 0.140 e. The van der Waals surface area contributed by atoms with E-state index >= 15 is 0 Å². The predicted octanol–water partition coefficient (Wildman–Crippen LogP) is 1.28. The normalized spacial score (nSPS) is 24.4. The van der Waals surface area contributed by atoms with Crippen LogP contribution >= 0.6 is 0 Å². The molecule has 1 atom stereocenters. The van der Waals surface area contributed by atoms with Gasteiger partial charge in [-0.05, 0) is 0 Å². The first-order valence-corrected chi connectivity index (χ1v) is 7.80. The zero-order valence-electron chi connectivity index (χ0n) is 8.02. The second kappa shape index (κ2) is 4.08. The molecule has 1 saturated heterocycles. The SMILES string of the molecule is C[Si](C)(C)C#CC1COCCO1. The van der Waals surface area contributed by atoms with Crippen molar-refractivity contribution in [1.82, 2.24) is 0 Å². The topological polar surface area (TPSA) is 18.5 Å². The molecule has 1 heterocycles. The summed E-state index contributed by atoms with van der Waals surface area (Å²) in [5.74, 6) is 3.13. The van der Waals surface area contributed by atoms with E-state index < -0.39 is 8.07 Å². The van der Waals surface area contributed by atoms with E-state index in [1.165, 1.54) is 0 Å². The molecular formula is C9H16O2Si. The molecule has 1 aliphatic heterocycles. The van der Waals surface area contributed by atoms with Crippen molar-refractivity contribution >= 4 is 8.07 Å². The third-order valence-corrected chi connectivity index (χ3v) is 2.32. The van der Waals surface area contributed by atoms with Crippen molar-refractivity contribution in [3.8, 4) is 11.5 Å². The zero-order valence-corrected chi connectivity index (χ0v) is 9.02. The number of hydrogen-bond donors (Lipinski definition) is 0. The van der Waals surface area contributed by atoms with Gasteiger partial charge in [-0.3, -0.25) is 0 Å². The molecule has 0 aliphatic carbocycles. The van der Waals surface area contributed by atoms with Crippen molar-refractivity contribution in [1.29, 1.82) is 0 Å². The highest BCUT2D eigenvalue weighted by atomic mass is 28.3. The van der Waals surface area contributed by atoms with Crippen LogP contribution in [0.5, 0.6) is 0 Å². The molecule has 0 aromatic heterocycles. The van der Waals surface area contributed by atoms with E-state index in [9.17, 15) is 0 Å². The second-order valence-corrected chi connectivity index (χ2v) is 8.70. The van der Waals surface area contributed by atoms with Crippen LogP contribution in [0.4, 0.5) is 0 Å². The summed E-state index contributed by atoms with van der Waals surface area (Å²) in [4.78, 5) is 0. The summed E-state index contributed by atoms with van der Waals surface area (Å²) < 4.78 is 10.6. The minimum Gasteiger partial charge on any atom is -0.375 e. The molecule has 1 rings (SSSR count). The van der Waals surface area contributed by atoms with Crippen molar-refractivity contribution in [2.24, 2.45) is 0 Å². The molecular weight excluding hydrogens is 168 g/mol. The lowest BCUT2D eigenvalue weighted by molar-refractivity contribution is -0.0635. The molecule has 1 fully saturated rings. The van der Waals surface area contributed by atoms with Gasteiger partial charge in [-0.15, -0.1) is 5.54 Å². The van der Waals surface area contributed by atoms with Crippen LogP contribution < -0.4 is 0 Å². The molecule has 68 valence electrons. The monoisotopic (exact) mass is 184 g/mol. The Balaban J connectivity index is 2.41. The Hall–Kier alpha value is -0.303. The van der Waals surface area contributed by atoms with E-state index in [-0.39, 0.29) is 6.10 Å². The predicted molar refractivity (Wildman–Crippen MR) is 51.7 cm³/mol. The fourth-order valence-corrected chi connectivity index (χ4v) is 1.46. The largest absolute Gasteiger partial charge is 0.375 e. The summed E-state index contributed by atoms with van der Waals surface area (Å²) in [6.45, 7) is 8.71. The van der Waals surface area contributed by atoms with E-state index in [0.717, 1.165) is 0 Å². The van der Waals surface area contributed by atoms with Crippen molar-refractivity contribution < 1.29 is 9.47 Å². The van der Waals surface area contributed by atoms with E-state index in [1.807, 2.05) is 0 Å². The smallest absolute Gasteiger partial charge is 0.140 e. The van der Waals surface area contributed by atoms with Gasteiger partial charge >= 0.3 is 0 Å². The Labute approximate surface area is 75.3 Å². The third kappa shape index (κ3) is 3.91. The third-order valence-electron chi connectivity index (χ3n) is 1.42. The molecule has 0 spiro atoms. The molecule has 3 heteroatoms. The van der Waals surface area contributed by atoms with Crippen LogP contribution in [0.25, 0.3) is 0 Å². The first-order valence-electron chi connectivity index (χ1n) is 4.30. The Kier molecular flexibility index (Phi) is 3.33. The van der Waals surface area contributed by atoms with E-state index in [1.54, 1.807) is 0 Å². The highest BCUT2D eigenvalue weighted by molar-refractivity contribution is 6.83. The fraction of sp³-hybridized carbons (Fsp3) is 0.778. The van der Waals surface area contributed by atoms with Crippen molar-refractivity contribution in [2.75, 3.05) is 19.8 Å². The van der Waals surface area contributed by atoms with Crippen LogP contribution in [0, 0.1) is 11.5 Å². The quantitative estimate of drug-likeness (QED) is 0.417. The van der Waals surface area contributed by atoms with Crippen molar-refractivity contribution in [2.45, 2.75) is 25.7 Å². The molecule has 12 heavy (non-hydrogen) atoms. The first-order chi connectivity index (χ1) is 5.58. The minimum atomic E-state index is -1.24. The van der Waals surface area contributed by atoms with Gasteiger partial charge in [0.1, 0.15) is 14.2 Å². The van der Waals surface area contributed by atoms with E-state index in [2.05, 4.69) is 31.1 Å². The van der Waals surface area contributed by atoms with Gasteiger partial charge < -0.3 is 9.47 Å². The van der Waals surface area contributed by atoms with Gasteiger partial charge in [-0.25, -0.2) is 0 Å². The van der Waals surface area contributed by atoms with Gasteiger partial charge in [0.25, 0.3) is 0 Å². The summed E-state index contributed by atoms with van der Waals surface area (Å²) in [6, 6.07) is 0. The fourth-order valence-electron chi connectivity index (χ4n) is 0.868. The minimum absolute atomic E-state index is 0.0190. The van der Waals surface area contributed by atoms with Crippen LogP contribution in [0.1, 0.15) is 0 Å². The van der Waals surface area contributed by atoms with Crippen molar-refractivity contribution in [3.63, 3.8) is 0 Å². The van der Waals surface area contributed by atoms with Crippen LogP contribution in [0.2, 0.25) is 19.6 Å². The second-order valence-electron chi connectivity index (χ2n) is 3.95. The summed E-state index contributed by atoms with van der Waals surface area (Å²) in [5, 5.41) is 0. The van der Waals surface area contributed by atoms with Crippen molar-refractivity contribution in [3.05, 3.63) is 0 Å². The lowest BCUT2D eigenvalue weighted by Gasteiger charge is -2.18. The van der Waals surface area contributed by atoms with Crippen LogP contribution in [0.15, 0.2) is 0 Å². The lowest BCUT2D eigenvalue weighted by atomic mass is 10.4.